The number of nitrogens with zero attached hydrogens (tertiary/aromatic N) is 1. The molecule has 1 aliphatic rings. The summed E-state index contributed by atoms with van der Waals surface area (Å²) in [5.74, 6) is 1.17. The Morgan fingerprint density at radius 2 is 1.73 bits per heavy atom. The Kier molecular flexibility index (Phi) is 10.4. The predicted octanol–water partition coefficient (Wildman–Crippen LogP) is 4.85. The van der Waals surface area contributed by atoms with Crippen LogP contribution in [-0.2, 0) is 16.0 Å². The third-order valence-electron chi connectivity index (χ3n) is 6.24. The number of rotatable bonds is 11. The molecule has 8 heteroatoms. The first-order valence-corrected chi connectivity index (χ1v) is 12.6. The van der Waals surface area contributed by atoms with Gasteiger partial charge in [0.2, 0.25) is 0 Å². The SMILES string of the molecule is CCOc1cc(C=C(C#N)C(=O)NCCc2ccc(OC)c(OC)c2)ccc1OC(=O)C1CCCCC1. The van der Waals surface area contributed by atoms with Crippen LogP contribution in [0.25, 0.3) is 6.08 Å². The van der Waals surface area contributed by atoms with Crippen LogP contribution in [0.5, 0.6) is 23.0 Å². The minimum atomic E-state index is -0.478. The van der Waals surface area contributed by atoms with Gasteiger partial charge in [-0.3, -0.25) is 9.59 Å². The average Bonchev–Trinajstić information content (AvgIpc) is 2.93. The standard InChI is InChI=1S/C29H34N2O6/c1-4-36-27-18-21(11-13-25(27)37-29(33)22-8-6-5-7-9-22)16-23(19-30)28(32)31-15-14-20-10-12-24(34-2)26(17-20)35-3/h10-13,16-18,22H,4-9,14-15H2,1-3H3,(H,31,32). The maximum absolute atomic E-state index is 12.6. The lowest BCUT2D eigenvalue weighted by atomic mass is 9.89. The van der Waals surface area contributed by atoms with Crippen molar-refractivity contribution in [3.8, 4) is 29.1 Å². The molecule has 0 atom stereocenters. The number of hydrogen-bond acceptors (Lipinski definition) is 7. The number of nitrogens with one attached hydrogen (secondary N) is 1. The summed E-state index contributed by atoms with van der Waals surface area (Å²) in [7, 11) is 3.14. The second-order valence-corrected chi connectivity index (χ2v) is 8.76. The second kappa shape index (κ2) is 13.9. The Morgan fingerprint density at radius 1 is 1.00 bits per heavy atom. The third kappa shape index (κ3) is 7.74. The van der Waals surface area contributed by atoms with Gasteiger partial charge in [-0.1, -0.05) is 31.4 Å². The maximum atomic E-state index is 12.6. The fourth-order valence-corrected chi connectivity index (χ4v) is 4.26. The molecule has 0 aliphatic heterocycles. The van der Waals surface area contributed by atoms with E-state index in [2.05, 4.69) is 5.32 Å². The van der Waals surface area contributed by atoms with Gasteiger partial charge in [0.25, 0.3) is 5.91 Å². The lowest BCUT2D eigenvalue weighted by Crippen LogP contribution is -2.26. The Bertz CT molecular complexity index is 1160. The van der Waals surface area contributed by atoms with Crippen molar-refractivity contribution in [2.24, 2.45) is 5.92 Å². The van der Waals surface area contributed by atoms with E-state index in [4.69, 9.17) is 18.9 Å². The first-order chi connectivity index (χ1) is 18.0. The summed E-state index contributed by atoms with van der Waals surface area (Å²) >= 11 is 0. The third-order valence-corrected chi connectivity index (χ3v) is 6.24. The van der Waals surface area contributed by atoms with Crippen LogP contribution < -0.4 is 24.3 Å². The number of hydrogen-bond donors (Lipinski definition) is 1. The maximum Gasteiger partial charge on any atom is 0.314 e. The zero-order valence-corrected chi connectivity index (χ0v) is 21.7. The van der Waals surface area contributed by atoms with Crippen molar-refractivity contribution in [3.63, 3.8) is 0 Å². The lowest BCUT2D eigenvalue weighted by Gasteiger charge is -2.20. The van der Waals surface area contributed by atoms with E-state index >= 15 is 0 Å². The van der Waals surface area contributed by atoms with Crippen molar-refractivity contribution in [1.29, 1.82) is 5.26 Å². The molecule has 0 saturated heterocycles. The van der Waals surface area contributed by atoms with Gasteiger partial charge in [-0.2, -0.15) is 5.26 Å². The molecule has 0 unspecified atom stereocenters. The lowest BCUT2D eigenvalue weighted by molar-refractivity contribution is -0.140. The molecule has 0 bridgehead atoms. The highest BCUT2D eigenvalue weighted by molar-refractivity contribution is 6.01. The second-order valence-electron chi connectivity index (χ2n) is 8.76. The normalized spacial score (nSPS) is 13.8. The summed E-state index contributed by atoms with van der Waals surface area (Å²) in [6.07, 6.45) is 6.96. The first-order valence-electron chi connectivity index (χ1n) is 12.6. The van der Waals surface area contributed by atoms with Gasteiger partial charge in [-0.05, 0) is 67.7 Å². The van der Waals surface area contributed by atoms with Crippen LogP contribution in [0.2, 0.25) is 0 Å². The van der Waals surface area contributed by atoms with Gasteiger partial charge in [0.1, 0.15) is 11.6 Å². The zero-order valence-electron chi connectivity index (χ0n) is 21.7. The molecule has 0 radical (unpaired) electrons. The number of benzene rings is 2. The molecule has 2 aromatic rings. The van der Waals surface area contributed by atoms with Crippen LogP contribution in [0.15, 0.2) is 42.0 Å². The van der Waals surface area contributed by atoms with Crippen molar-refractivity contribution in [3.05, 3.63) is 53.1 Å². The highest BCUT2D eigenvalue weighted by Gasteiger charge is 2.24. The van der Waals surface area contributed by atoms with Crippen LogP contribution >= 0.6 is 0 Å². The molecule has 196 valence electrons. The van der Waals surface area contributed by atoms with Crippen LogP contribution in [0, 0.1) is 17.2 Å². The minimum Gasteiger partial charge on any atom is -0.493 e. The van der Waals surface area contributed by atoms with Gasteiger partial charge in [0.05, 0.1) is 26.7 Å². The number of esters is 1. The van der Waals surface area contributed by atoms with Crippen LogP contribution in [0.1, 0.15) is 50.2 Å². The van der Waals surface area contributed by atoms with E-state index in [1.165, 1.54) is 6.08 Å². The van der Waals surface area contributed by atoms with E-state index in [9.17, 15) is 14.9 Å². The summed E-state index contributed by atoms with van der Waals surface area (Å²) in [5, 5.41) is 12.4. The quantitative estimate of drug-likeness (QED) is 0.201. The summed E-state index contributed by atoms with van der Waals surface area (Å²) < 4.78 is 21.9. The van der Waals surface area contributed by atoms with E-state index in [-0.39, 0.29) is 17.5 Å². The van der Waals surface area contributed by atoms with Crippen molar-refractivity contribution in [2.45, 2.75) is 45.4 Å². The molecule has 37 heavy (non-hydrogen) atoms. The summed E-state index contributed by atoms with van der Waals surface area (Å²) in [5.41, 5.74) is 1.51. The Labute approximate surface area is 218 Å². The van der Waals surface area contributed by atoms with E-state index in [0.717, 1.165) is 37.7 Å². The molecule has 3 rings (SSSR count). The highest BCUT2D eigenvalue weighted by Crippen LogP contribution is 2.32. The van der Waals surface area contributed by atoms with Gasteiger partial charge in [-0.15, -0.1) is 0 Å². The summed E-state index contributed by atoms with van der Waals surface area (Å²) in [6, 6.07) is 12.5. The molecule has 0 spiro atoms. The Morgan fingerprint density at radius 3 is 2.41 bits per heavy atom. The average molecular weight is 507 g/mol. The number of methoxy groups -OCH3 is 2. The molecule has 1 saturated carbocycles. The number of ether oxygens (including phenoxy) is 4. The number of amides is 1. The summed E-state index contributed by atoms with van der Waals surface area (Å²) in [6.45, 7) is 2.55. The number of carbonyl (C=O) groups is 2. The Balaban J connectivity index is 1.65. The molecule has 1 aliphatic carbocycles. The molecule has 2 aromatic carbocycles. The first kappa shape index (κ1) is 27.6. The highest BCUT2D eigenvalue weighted by atomic mass is 16.6. The smallest absolute Gasteiger partial charge is 0.314 e. The van der Waals surface area contributed by atoms with Gasteiger partial charge < -0.3 is 24.3 Å². The van der Waals surface area contributed by atoms with Crippen molar-refractivity contribution in [1.82, 2.24) is 5.32 Å². The molecule has 1 amide bonds. The van der Waals surface area contributed by atoms with Gasteiger partial charge in [0.15, 0.2) is 23.0 Å². The molecule has 8 nitrogen and oxygen atoms in total. The molecule has 0 heterocycles. The number of nitriles is 1. The monoisotopic (exact) mass is 506 g/mol. The topological polar surface area (TPSA) is 107 Å². The predicted molar refractivity (Wildman–Crippen MR) is 140 cm³/mol. The van der Waals surface area contributed by atoms with Crippen molar-refractivity contribution in [2.75, 3.05) is 27.4 Å². The van der Waals surface area contributed by atoms with Crippen molar-refractivity contribution < 1.29 is 28.5 Å². The molecule has 1 N–H and O–H groups in total. The largest absolute Gasteiger partial charge is 0.493 e. The fourth-order valence-electron chi connectivity index (χ4n) is 4.26. The van der Waals surface area contributed by atoms with Crippen LogP contribution in [-0.4, -0.2) is 39.2 Å². The van der Waals surface area contributed by atoms with E-state index < -0.39 is 5.91 Å². The number of carbonyl (C=O) groups excluding carboxylic acids is 2. The zero-order chi connectivity index (χ0) is 26.6. The van der Waals surface area contributed by atoms with Crippen LogP contribution in [0.3, 0.4) is 0 Å². The molecule has 0 aromatic heterocycles. The minimum absolute atomic E-state index is 0.0401. The molecular formula is C29H34N2O6. The molecular weight excluding hydrogens is 472 g/mol. The van der Waals surface area contributed by atoms with E-state index in [1.54, 1.807) is 32.4 Å². The van der Waals surface area contributed by atoms with Gasteiger partial charge >= 0.3 is 5.97 Å². The van der Waals surface area contributed by atoms with Crippen LogP contribution in [0.4, 0.5) is 0 Å². The van der Waals surface area contributed by atoms with Gasteiger partial charge in [-0.25, -0.2) is 0 Å². The molecule has 1 fully saturated rings. The van der Waals surface area contributed by atoms with E-state index in [1.807, 2.05) is 31.2 Å². The van der Waals surface area contributed by atoms with Gasteiger partial charge in [0, 0.05) is 6.54 Å². The van der Waals surface area contributed by atoms with E-state index in [0.29, 0.717) is 48.1 Å². The fraction of sp³-hybridized carbons (Fsp3) is 0.414. The van der Waals surface area contributed by atoms with Crippen molar-refractivity contribution >= 4 is 18.0 Å². The Hall–Kier alpha value is -3.99. The summed E-state index contributed by atoms with van der Waals surface area (Å²) in [4.78, 5) is 25.2.